The Morgan fingerprint density at radius 2 is 2.32 bits per heavy atom. The van der Waals surface area contributed by atoms with Crippen LogP contribution in [0.15, 0.2) is 18.2 Å². The van der Waals surface area contributed by atoms with Gasteiger partial charge in [0.25, 0.3) is 0 Å². The summed E-state index contributed by atoms with van der Waals surface area (Å²) in [6, 6.07) is 7.65. The molecule has 2 aromatic rings. The smallest absolute Gasteiger partial charge is 0.244 e. The number of nitriles is 1. The van der Waals surface area contributed by atoms with Crippen LogP contribution in [0.4, 0.5) is 5.69 Å². The normalized spacial score (nSPS) is 16.6. The molecule has 0 bridgehead atoms. The van der Waals surface area contributed by atoms with E-state index in [1.165, 1.54) is 0 Å². The lowest BCUT2D eigenvalue weighted by Gasteiger charge is -2.33. The Morgan fingerprint density at radius 3 is 2.95 bits per heavy atom. The van der Waals surface area contributed by atoms with Crippen LogP contribution >= 0.6 is 0 Å². The first kappa shape index (κ1) is 11.7. The van der Waals surface area contributed by atoms with Gasteiger partial charge in [0.1, 0.15) is 11.2 Å². The number of imidazole rings is 1. The standard InChI is InChI=1S/C14H14N4O/c1-9-16-11-4-3-10(7-12(11)17-9)18-13(19)14(8-15)5-2-6-14/h3-4,7H,2,5-6H2,1H3,(H,16,17)(H,18,19). The number of nitrogens with zero attached hydrogens (tertiary/aromatic N) is 2. The number of aromatic nitrogens is 2. The monoisotopic (exact) mass is 254 g/mol. The number of carbonyl (C=O) groups excluding carboxylic acids is 1. The molecule has 0 saturated heterocycles. The molecule has 1 fully saturated rings. The number of nitrogens with one attached hydrogen (secondary N) is 2. The highest BCUT2D eigenvalue weighted by Gasteiger charge is 2.44. The molecule has 1 aromatic heterocycles. The van der Waals surface area contributed by atoms with Crippen LogP contribution in [0.25, 0.3) is 11.0 Å². The minimum Gasteiger partial charge on any atom is -0.342 e. The molecule has 2 N–H and O–H groups in total. The van der Waals surface area contributed by atoms with Gasteiger partial charge in [0.15, 0.2) is 0 Å². The molecule has 19 heavy (non-hydrogen) atoms. The maximum Gasteiger partial charge on any atom is 0.244 e. The van der Waals surface area contributed by atoms with E-state index in [1.54, 1.807) is 0 Å². The lowest BCUT2D eigenvalue weighted by atomic mass is 9.69. The first-order valence-electron chi connectivity index (χ1n) is 6.32. The SMILES string of the molecule is Cc1nc2ccc(NC(=O)C3(C#N)CCC3)cc2[nH]1. The quantitative estimate of drug-likeness (QED) is 0.863. The molecule has 3 rings (SSSR count). The molecular weight excluding hydrogens is 240 g/mol. The van der Waals surface area contributed by atoms with Gasteiger partial charge >= 0.3 is 0 Å². The maximum absolute atomic E-state index is 12.1. The van der Waals surface area contributed by atoms with Crippen LogP contribution in [0.3, 0.4) is 0 Å². The summed E-state index contributed by atoms with van der Waals surface area (Å²) in [5, 5.41) is 12.0. The molecule has 1 aliphatic carbocycles. The van der Waals surface area contributed by atoms with Crippen LogP contribution in [-0.4, -0.2) is 15.9 Å². The van der Waals surface area contributed by atoms with Crippen molar-refractivity contribution in [2.75, 3.05) is 5.32 Å². The van der Waals surface area contributed by atoms with Crippen LogP contribution in [0.2, 0.25) is 0 Å². The van der Waals surface area contributed by atoms with E-state index in [9.17, 15) is 4.79 Å². The lowest BCUT2D eigenvalue weighted by Crippen LogP contribution is -2.40. The zero-order valence-electron chi connectivity index (χ0n) is 10.7. The summed E-state index contributed by atoms with van der Waals surface area (Å²) in [6.07, 6.45) is 2.25. The van der Waals surface area contributed by atoms with Gasteiger partial charge in [0.05, 0.1) is 17.1 Å². The zero-order valence-corrected chi connectivity index (χ0v) is 10.7. The number of rotatable bonds is 2. The van der Waals surface area contributed by atoms with Gasteiger partial charge in [0.2, 0.25) is 5.91 Å². The topological polar surface area (TPSA) is 81.6 Å². The zero-order chi connectivity index (χ0) is 13.5. The Kier molecular flexibility index (Phi) is 2.53. The van der Waals surface area contributed by atoms with Gasteiger partial charge < -0.3 is 10.3 Å². The first-order valence-corrected chi connectivity index (χ1v) is 6.32. The Balaban J connectivity index is 1.85. The van der Waals surface area contributed by atoms with E-state index in [1.807, 2.05) is 25.1 Å². The average molecular weight is 254 g/mol. The molecule has 1 amide bonds. The fraction of sp³-hybridized carbons (Fsp3) is 0.357. The Labute approximate surface area is 110 Å². The van der Waals surface area contributed by atoms with Crippen molar-refractivity contribution in [3.8, 4) is 6.07 Å². The summed E-state index contributed by atoms with van der Waals surface area (Å²) in [7, 11) is 0. The third kappa shape index (κ3) is 1.85. The molecule has 0 aliphatic heterocycles. The third-order valence-electron chi connectivity index (χ3n) is 3.71. The number of benzene rings is 1. The lowest BCUT2D eigenvalue weighted by molar-refractivity contribution is -0.126. The van der Waals surface area contributed by atoms with Crippen molar-refractivity contribution in [2.45, 2.75) is 26.2 Å². The number of fused-ring (bicyclic) bond motifs is 1. The highest BCUT2D eigenvalue weighted by atomic mass is 16.2. The highest BCUT2D eigenvalue weighted by Crippen LogP contribution is 2.41. The number of H-pyrrole nitrogens is 1. The second-order valence-electron chi connectivity index (χ2n) is 5.06. The predicted octanol–water partition coefficient (Wildman–Crippen LogP) is 2.50. The third-order valence-corrected chi connectivity index (χ3v) is 3.71. The van der Waals surface area contributed by atoms with Crippen LogP contribution in [0, 0.1) is 23.7 Å². The summed E-state index contributed by atoms with van der Waals surface area (Å²) in [4.78, 5) is 19.6. The molecule has 1 saturated carbocycles. The van der Waals surface area contributed by atoms with Gasteiger partial charge in [-0.2, -0.15) is 5.26 Å². The number of hydrogen-bond acceptors (Lipinski definition) is 3. The Hall–Kier alpha value is -2.35. The number of carbonyl (C=O) groups is 1. The van der Waals surface area contributed by atoms with Crippen molar-refractivity contribution in [3.05, 3.63) is 24.0 Å². The van der Waals surface area contributed by atoms with Gasteiger partial charge in [-0.05, 0) is 44.4 Å². The minimum absolute atomic E-state index is 0.197. The second kappa shape index (κ2) is 4.09. The number of amides is 1. The van der Waals surface area contributed by atoms with Crippen LogP contribution in [-0.2, 0) is 4.79 Å². The summed E-state index contributed by atoms with van der Waals surface area (Å²) in [5.41, 5.74) is 1.63. The first-order chi connectivity index (χ1) is 9.13. The number of hydrogen-bond donors (Lipinski definition) is 2. The second-order valence-corrected chi connectivity index (χ2v) is 5.06. The van der Waals surface area contributed by atoms with E-state index < -0.39 is 5.41 Å². The average Bonchev–Trinajstić information content (AvgIpc) is 2.67. The van der Waals surface area contributed by atoms with E-state index in [0.717, 1.165) is 23.3 Å². The fourth-order valence-electron chi connectivity index (χ4n) is 2.39. The molecule has 5 nitrogen and oxygen atoms in total. The fourth-order valence-corrected chi connectivity index (χ4v) is 2.39. The molecule has 0 atom stereocenters. The molecule has 1 aromatic carbocycles. The van der Waals surface area contributed by atoms with Crippen molar-refractivity contribution in [3.63, 3.8) is 0 Å². The molecule has 5 heteroatoms. The van der Waals surface area contributed by atoms with Gasteiger partial charge in [-0.25, -0.2) is 4.98 Å². The highest BCUT2D eigenvalue weighted by molar-refractivity contribution is 5.99. The summed E-state index contributed by atoms with van der Waals surface area (Å²) in [5.74, 6) is 0.641. The van der Waals surface area contributed by atoms with Crippen molar-refractivity contribution >= 4 is 22.6 Å². The van der Waals surface area contributed by atoms with E-state index in [4.69, 9.17) is 5.26 Å². The number of aromatic amines is 1. The summed E-state index contributed by atoms with van der Waals surface area (Å²) in [6.45, 7) is 1.89. The van der Waals surface area contributed by atoms with Crippen molar-refractivity contribution in [1.29, 1.82) is 5.26 Å². The summed E-state index contributed by atoms with van der Waals surface area (Å²) < 4.78 is 0. The predicted molar refractivity (Wildman–Crippen MR) is 71.4 cm³/mol. The molecular formula is C14H14N4O. The number of anilines is 1. The maximum atomic E-state index is 12.1. The van der Waals surface area contributed by atoms with Gasteiger partial charge in [0, 0.05) is 5.69 Å². The van der Waals surface area contributed by atoms with Crippen molar-refractivity contribution in [2.24, 2.45) is 5.41 Å². The van der Waals surface area contributed by atoms with Crippen LogP contribution in [0.1, 0.15) is 25.1 Å². The molecule has 0 radical (unpaired) electrons. The van der Waals surface area contributed by atoms with E-state index >= 15 is 0 Å². The van der Waals surface area contributed by atoms with E-state index in [-0.39, 0.29) is 5.91 Å². The van der Waals surface area contributed by atoms with Crippen LogP contribution < -0.4 is 5.32 Å². The molecule has 1 aliphatic rings. The molecule has 96 valence electrons. The van der Waals surface area contributed by atoms with Crippen molar-refractivity contribution < 1.29 is 4.79 Å². The summed E-state index contributed by atoms with van der Waals surface area (Å²) >= 11 is 0. The Bertz CT molecular complexity index is 691. The number of aryl methyl sites for hydroxylation is 1. The Morgan fingerprint density at radius 1 is 1.53 bits per heavy atom. The van der Waals surface area contributed by atoms with Gasteiger partial charge in [-0.15, -0.1) is 0 Å². The van der Waals surface area contributed by atoms with Gasteiger partial charge in [-0.3, -0.25) is 4.79 Å². The molecule has 1 heterocycles. The van der Waals surface area contributed by atoms with Crippen molar-refractivity contribution in [1.82, 2.24) is 9.97 Å². The van der Waals surface area contributed by atoms with E-state index in [0.29, 0.717) is 18.5 Å². The van der Waals surface area contributed by atoms with Gasteiger partial charge in [-0.1, -0.05) is 0 Å². The minimum atomic E-state index is -0.821. The van der Waals surface area contributed by atoms with Crippen LogP contribution in [0.5, 0.6) is 0 Å². The largest absolute Gasteiger partial charge is 0.342 e. The molecule has 0 spiro atoms. The van der Waals surface area contributed by atoms with E-state index in [2.05, 4.69) is 21.4 Å². The molecule has 0 unspecified atom stereocenters.